The number of benzene rings is 2. The van der Waals surface area contributed by atoms with E-state index in [1.807, 2.05) is 23.5 Å². The molecule has 1 N–H and O–H groups in total. The standard InChI is InChI=1S/C18H16ClNS/c19-16-7-3-2-6-15(16)18(11-20-12-18)9-13-10-21-17-8-4-1-5-14(13)17/h1-8,10,20H,9,11-12H2. The first-order valence-electron chi connectivity index (χ1n) is 7.19. The Bertz CT molecular complexity index is 789. The van der Waals surface area contributed by atoms with Crippen LogP contribution in [0.2, 0.25) is 5.02 Å². The van der Waals surface area contributed by atoms with Gasteiger partial charge < -0.3 is 5.32 Å². The zero-order valence-corrected chi connectivity index (χ0v) is 13.2. The second-order valence-electron chi connectivity index (χ2n) is 5.80. The van der Waals surface area contributed by atoms with Gasteiger partial charge in [0.05, 0.1) is 0 Å². The van der Waals surface area contributed by atoms with Crippen LogP contribution in [0.4, 0.5) is 0 Å². The summed E-state index contributed by atoms with van der Waals surface area (Å²) in [5.74, 6) is 0. The molecule has 2 aromatic carbocycles. The van der Waals surface area contributed by atoms with Gasteiger partial charge in [0.15, 0.2) is 0 Å². The van der Waals surface area contributed by atoms with Gasteiger partial charge in [-0.3, -0.25) is 0 Å². The molecule has 0 aliphatic carbocycles. The van der Waals surface area contributed by atoms with Crippen molar-refractivity contribution in [3.05, 3.63) is 70.1 Å². The Hall–Kier alpha value is -1.35. The minimum atomic E-state index is 0.141. The van der Waals surface area contributed by atoms with Crippen LogP contribution in [-0.2, 0) is 11.8 Å². The molecule has 0 amide bonds. The maximum atomic E-state index is 6.45. The normalized spacial score (nSPS) is 16.8. The van der Waals surface area contributed by atoms with Crippen molar-refractivity contribution in [3.63, 3.8) is 0 Å². The van der Waals surface area contributed by atoms with Crippen molar-refractivity contribution < 1.29 is 0 Å². The Balaban J connectivity index is 1.76. The van der Waals surface area contributed by atoms with Gasteiger partial charge in [-0.1, -0.05) is 48.0 Å². The Kier molecular flexibility index (Phi) is 3.26. The molecule has 2 heterocycles. The van der Waals surface area contributed by atoms with Crippen LogP contribution in [0.1, 0.15) is 11.1 Å². The smallest absolute Gasteiger partial charge is 0.0444 e. The minimum absolute atomic E-state index is 0.141. The van der Waals surface area contributed by atoms with Gasteiger partial charge in [0.2, 0.25) is 0 Å². The van der Waals surface area contributed by atoms with E-state index >= 15 is 0 Å². The molecule has 0 spiro atoms. The predicted molar refractivity (Wildman–Crippen MR) is 91.5 cm³/mol. The van der Waals surface area contributed by atoms with Crippen molar-refractivity contribution >= 4 is 33.0 Å². The first kappa shape index (κ1) is 13.3. The Labute approximate surface area is 133 Å². The molecule has 1 aliphatic rings. The molecule has 1 aromatic heterocycles. The highest BCUT2D eigenvalue weighted by Gasteiger charge is 2.40. The van der Waals surface area contributed by atoms with Gasteiger partial charge in [-0.15, -0.1) is 11.3 Å². The highest BCUT2D eigenvalue weighted by molar-refractivity contribution is 7.17. The maximum absolute atomic E-state index is 6.45. The summed E-state index contributed by atoms with van der Waals surface area (Å²) in [4.78, 5) is 0. The number of nitrogens with one attached hydrogen (secondary N) is 1. The maximum Gasteiger partial charge on any atom is 0.0444 e. The van der Waals surface area contributed by atoms with Crippen LogP contribution in [0.3, 0.4) is 0 Å². The SMILES string of the molecule is Clc1ccccc1C1(Cc2csc3ccccc23)CNC1. The summed E-state index contributed by atoms with van der Waals surface area (Å²) < 4.78 is 1.37. The second kappa shape index (κ2) is 5.13. The molecule has 0 saturated carbocycles. The number of hydrogen-bond acceptors (Lipinski definition) is 2. The molecule has 1 fully saturated rings. The largest absolute Gasteiger partial charge is 0.315 e. The Morgan fingerprint density at radius 3 is 2.57 bits per heavy atom. The highest BCUT2D eigenvalue weighted by atomic mass is 35.5. The number of rotatable bonds is 3. The lowest BCUT2D eigenvalue weighted by Crippen LogP contribution is -2.58. The van der Waals surface area contributed by atoms with Crippen LogP contribution >= 0.6 is 22.9 Å². The topological polar surface area (TPSA) is 12.0 Å². The van der Waals surface area contributed by atoms with E-state index in [1.165, 1.54) is 21.2 Å². The summed E-state index contributed by atoms with van der Waals surface area (Å²) >= 11 is 8.29. The Morgan fingerprint density at radius 2 is 1.81 bits per heavy atom. The number of hydrogen-bond donors (Lipinski definition) is 1. The predicted octanol–water partition coefficient (Wildman–Crippen LogP) is 4.64. The van der Waals surface area contributed by atoms with Crippen molar-refractivity contribution in [2.75, 3.05) is 13.1 Å². The van der Waals surface area contributed by atoms with Crippen LogP contribution < -0.4 is 5.32 Å². The quantitative estimate of drug-likeness (QED) is 0.743. The average molecular weight is 314 g/mol. The third-order valence-corrected chi connectivity index (χ3v) is 5.80. The lowest BCUT2D eigenvalue weighted by atomic mass is 9.71. The van der Waals surface area contributed by atoms with Gasteiger partial charge in [0.25, 0.3) is 0 Å². The van der Waals surface area contributed by atoms with Crippen molar-refractivity contribution in [1.82, 2.24) is 5.32 Å². The van der Waals surface area contributed by atoms with E-state index in [0.29, 0.717) is 0 Å². The van der Waals surface area contributed by atoms with Crippen molar-refractivity contribution in [1.29, 1.82) is 0 Å². The fourth-order valence-corrected chi connectivity index (χ4v) is 4.56. The van der Waals surface area contributed by atoms with E-state index < -0.39 is 0 Å². The molecule has 0 bridgehead atoms. The van der Waals surface area contributed by atoms with E-state index in [-0.39, 0.29) is 5.41 Å². The molecule has 1 saturated heterocycles. The number of fused-ring (bicyclic) bond motifs is 1. The van der Waals surface area contributed by atoms with Crippen molar-refractivity contribution in [2.45, 2.75) is 11.8 Å². The van der Waals surface area contributed by atoms with E-state index in [2.05, 4.69) is 47.1 Å². The molecule has 3 aromatic rings. The molecule has 0 atom stereocenters. The van der Waals surface area contributed by atoms with Gasteiger partial charge >= 0.3 is 0 Å². The lowest BCUT2D eigenvalue weighted by molar-refractivity contribution is 0.275. The number of halogens is 1. The zero-order valence-electron chi connectivity index (χ0n) is 11.6. The summed E-state index contributed by atoms with van der Waals surface area (Å²) in [6.45, 7) is 2.00. The molecule has 0 radical (unpaired) electrons. The molecule has 1 aliphatic heterocycles. The fraction of sp³-hybridized carbons (Fsp3) is 0.222. The third kappa shape index (κ3) is 2.18. The molecule has 21 heavy (non-hydrogen) atoms. The second-order valence-corrected chi connectivity index (χ2v) is 7.12. The zero-order chi connectivity index (χ0) is 14.3. The molecule has 0 unspecified atom stereocenters. The van der Waals surface area contributed by atoms with Gasteiger partial charge in [0.1, 0.15) is 0 Å². The van der Waals surface area contributed by atoms with E-state index in [0.717, 1.165) is 24.5 Å². The Morgan fingerprint density at radius 1 is 1.05 bits per heavy atom. The summed E-state index contributed by atoms with van der Waals surface area (Å²) in [6, 6.07) is 16.9. The van der Waals surface area contributed by atoms with Crippen molar-refractivity contribution in [2.24, 2.45) is 0 Å². The van der Waals surface area contributed by atoms with Crippen LogP contribution in [0.15, 0.2) is 53.9 Å². The molecule has 1 nitrogen and oxygen atoms in total. The molecule has 106 valence electrons. The van der Waals surface area contributed by atoms with Crippen LogP contribution in [-0.4, -0.2) is 13.1 Å². The van der Waals surface area contributed by atoms with Crippen LogP contribution in [0.5, 0.6) is 0 Å². The van der Waals surface area contributed by atoms with E-state index in [9.17, 15) is 0 Å². The van der Waals surface area contributed by atoms with Crippen LogP contribution in [0.25, 0.3) is 10.1 Å². The molecule has 4 rings (SSSR count). The third-order valence-electron chi connectivity index (χ3n) is 4.46. The van der Waals surface area contributed by atoms with Crippen LogP contribution in [0, 0.1) is 0 Å². The average Bonchev–Trinajstić information content (AvgIpc) is 2.87. The monoisotopic (exact) mass is 313 g/mol. The summed E-state index contributed by atoms with van der Waals surface area (Å²) in [5.41, 5.74) is 2.86. The summed E-state index contributed by atoms with van der Waals surface area (Å²) in [6.07, 6.45) is 1.05. The van der Waals surface area contributed by atoms with Gasteiger partial charge in [-0.05, 0) is 40.4 Å². The van der Waals surface area contributed by atoms with Gasteiger partial charge in [-0.2, -0.15) is 0 Å². The summed E-state index contributed by atoms with van der Waals surface area (Å²) in [5, 5.41) is 8.02. The lowest BCUT2D eigenvalue weighted by Gasteiger charge is -2.44. The van der Waals surface area contributed by atoms with Gasteiger partial charge in [-0.25, -0.2) is 0 Å². The highest BCUT2D eigenvalue weighted by Crippen LogP contribution is 2.39. The van der Waals surface area contributed by atoms with Gasteiger partial charge in [0, 0.05) is 28.2 Å². The first-order chi connectivity index (χ1) is 10.3. The van der Waals surface area contributed by atoms with E-state index in [4.69, 9.17) is 11.6 Å². The minimum Gasteiger partial charge on any atom is -0.315 e. The molecular formula is C18H16ClNS. The molecular weight excluding hydrogens is 298 g/mol. The molecule has 3 heteroatoms. The van der Waals surface area contributed by atoms with E-state index in [1.54, 1.807) is 0 Å². The summed E-state index contributed by atoms with van der Waals surface area (Å²) in [7, 11) is 0. The van der Waals surface area contributed by atoms with Crippen molar-refractivity contribution in [3.8, 4) is 0 Å². The first-order valence-corrected chi connectivity index (χ1v) is 8.45. The fourth-order valence-electron chi connectivity index (χ4n) is 3.26. The number of thiophene rings is 1.